The molecule has 2 aromatic carbocycles. The average Bonchev–Trinajstić information content (AvgIpc) is 2.33. The molecule has 0 bridgehead atoms. The first kappa shape index (κ1) is 11.3. The fraction of sp³-hybridized carbons (Fsp3) is 0.143. The minimum atomic E-state index is 1.25. The fourth-order valence-electron chi connectivity index (χ4n) is 1.11. The molecule has 0 aliphatic heterocycles. The number of para-hydroxylation sites is 1. The van der Waals surface area contributed by atoms with Crippen molar-refractivity contribution in [1.82, 2.24) is 0 Å². The number of nitrogens with zero attached hydrogens (tertiary/aromatic N) is 1. The van der Waals surface area contributed by atoms with Crippen molar-refractivity contribution in [3.63, 3.8) is 0 Å². The van der Waals surface area contributed by atoms with Crippen LogP contribution in [0, 0.1) is 0 Å². The Morgan fingerprint density at radius 2 is 0.933 bits per heavy atom. The monoisotopic (exact) mass is 199 g/mol. The third-order valence-electron chi connectivity index (χ3n) is 1.94. The lowest BCUT2D eigenvalue weighted by Crippen LogP contribution is -2.07. The second-order valence-corrected chi connectivity index (χ2v) is 3.38. The molecule has 0 aromatic heterocycles. The van der Waals surface area contributed by atoms with E-state index in [0.717, 1.165) is 0 Å². The third-order valence-corrected chi connectivity index (χ3v) is 1.94. The van der Waals surface area contributed by atoms with Crippen molar-refractivity contribution in [2.45, 2.75) is 0 Å². The summed E-state index contributed by atoms with van der Waals surface area (Å²) in [5.41, 5.74) is 1.25. The standard InChI is InChI=1S/C8H11N.C6H6/c1-9(2)8-6-4-3-5-7-8;1-2-4-6-5-3-1/h3-7H,1-2H3;1-6H. The van der Waals surface area contributed by atoms with Crippen LogP contribution in [0.2, 0.25) is 0 Å². The summed E-state index contributed by atoms with van der Waals surface area (Å²) in [4.78, 5) is 2.08. The van der Waals surface area contributed by atoms with Crippen LogP contribution in [0.15, 0.2) is 66.7 Å². The highest BCUT2D eigenvalue weighted by Crippen LogP contribution is 2.07. The SMILES string of the molecule is CN(C)c1ccccc1.c1ccccc1. The van der Waals surface area contributed by atoms with Gasteiger partial charge in [0.05, 0.1) is 0 Å². The van der Waals surface area contributed by atoms with E-state index in [1.54, 1.807) is 0 Å². The first-order valence-electron chi connectivity index (χ1n) is 5.03. The van der Waals surface area contributed by atoms with Crippen molar-refractivity contribution in [3.8, 4) is 0 Å². The number of rotatable bonds is 1. The van der Waals surface area contributed by atoms with Gasteiger partial charge in [-0.1, -0.05) is 54.6 Å². The maximum absolute atomic E-state index is 2.08. The van der Waals surface area contributed by atoms with E-state index >= 15 is 0 Å². The van der Waals surface area contributed by atoms with Gasteiger partial charge in [0.1, 0.15) is 0 Å². The molecule has 1 heteroatoms. The van der Waals surface area contributed by atoms with Gasteiger partial charge in [-0.05, 0) is 12.1 Å². The van der Waals surface area contributed by atoms with E-state index in [1.165, 1.54) is 5.69 Å². The molecule has 0 heterocycles. The topological polar surface area (TPSA) is 3.24 Å². The largest absolute Gasteiger partial charge is 0.378 e. The number of hydrogen-bond acceptors (Lipinski definition) is 1. The Labute approximate surface area is 92.0 Å². The Balaban J connectivity index is 0.000000162. The first-order chi connectivity index (χ1) is 7.30. The van der Waals surface area contributed by atoms with Gasteiger partial charge in [0.15, 0.2) is 0 Å². The third kappa shape index (κ3) is 4.87. The van der Waals surface area contributed by atoms with Crippen molar-refractivity contribution >= 4 is 5.69 Å². The van der Waals surface area contributed by atoms with E-state index in [-0.39, 0.29) is 0 Å². The van der Waals surface area contributed by atoms with Gasteiger partial charge in [-0.2, -0.15) is 0 Å². The quantitative estimate of drug-likeness (QED) is 0.680. The van der Waals surface area contributed by atoms with Gasteiger partial charge in [-0.25, -0.2) is 0 Å². The van der Waals surface area contributed by atoms with Crippen molar-refractivity contribution in [1.29, 1.82) is 0 Å². The summed E-state index contributed by atoms with van der Waals surface area (Å²) in [5.74, 6) is 0. The first-order valence-corrected chi connectivity index (χ1v) is 5.03. The summed E-state index contributed by atoms with van der Waals surface area (Å²) in [6.07, 6.45) is 0. The lowest BCUT2D eigenvalue weighted by Gasteiger charge is -2.10. The fourth-order valence-corrected chi connectivity index (χ4v) is 1.11. The van der Waals surface area contributed by atoms with E-state index in [0.29, 0.717) is 0 Å². The van der Waals surface area contributed by atoms with Crippen LogP contribution in [-0.2, 0) is 0 Å². The van der Waals surface area contributed by atoms with Gasteiger partial charge in [-0.15, -0.1) is 0 Å². The highest BCUT2D eigenvalue weighted by atomic mass is 15.1. The van der Waals surface area contributed by atoms with Crippen molar-refractivity contribution in [2.75, 3.05) is 19.0 Å². The summed E-state index contributed by atoms with van der Waals surface area (Å²) in [5, 5.41) is 0. The van der Waals surface area contributed by atoms with Crippen LogP contribution in [0.5, 0.6) is 0 Å². The average molecular weight is 199 g/mol. The zero-order valence-corrected chi connectivity index (χ0v) is 9.30. The minimum Gasteiger partial charge on any atom is -0.378 e. The zero-order valence-electron chi connectivity index (χ0n) is 9.30. The van der Waals surface area contributed by atoms with Crippen LogP contribution in [0.1, 0.15) is 0 Å². The van der Waals surface area contributed by atoms with E-state index < -0.39 is 0 Å². The van der Waals surface area contributed by atoms with Crippen molar-refractivity contribution in [2.24, 2.45) is 0 Å². The van der Waals surface area contributed by atoms with Crippen LogP contribution >= 0.6 is 0 Å². The Morgan fingerprint density at radius 1 is 0.600 bits per heavy atom. The van der Waals surface area contributed by atoms with Gasteiger partial charge in [0.25, 0.3) is 0 Å². The summed E-state index contributed by atoms with van der Waals surface area (Å²) in [7, 11) is 4.07. The van der Waals surface area contributed by atoms with Gasteiger partial charge in [-0.3, -0.25) is 0 Å². The Kier molecular flexibility index (Phi) is 5.02. The van der Waals surface area contributed by atoms with E-state index in [4.69, 9.17) is 0 Å². The van der Waals surface area contributed by atoms with Crippen molar-refractivity contribution < 1.29 is 0 Å². The van der Waals surface area contributed by atoms with E-state index in [1.807, 2.05) is 68.7 Å². The lowest BCUT2D eigenvalue weighted by molar-refractivity contribution is 1.13. The Bertz CT molecular complexity index is 314. The zero-order chi connectivity index (χ0) is 10.9. The minimum absolute atomic E-state index is 1.25. The molecule has 15 heavy (non-hydrogen) atoms. The molecule has 0 radical (unpaired) electrons. The molecule has 78 valence electrons. The molecule has 0 saturated heterocycles. The predicted molar refractivity (Wildman–Crippen MR) is 67.2 cm³/mol. The predicted octanol–water partition coefficient (Wildman–Crippen LogP) is 3.44. The summed E-state index contributed by atoms with van der Waals surface area (Å²) in [6.45, 7) is 0. The molecule has 0 amide bonds. The molecular weight excluding hydrogens is 182 g/mol. The maximum atomic E-state index is 2.08. The second-order valence-electron chi connectivity index (χ2n) is 3.38. The van der Waals surface area contributed by atoms with Gasteiger partial charge >= 0.3 is 0 Å². The molecule has 0 atom stereocenters. The van der Waals surface area contributed by atoms with E-state index in [9.17, 15) is 0 Å². The van der Waals surface area contributed by atoms with Crippen LogP contribution in [-0.4, -0.2) is 14.1 Å². The Hall–Kier alpha value is -1.76. The molecule has 2 rings (SSSR count). The highest BCUT2D eigenvalue weighted by Gasteiger charge is 1.87. The van der Waals surface area contributed by atoms with Crippen LogP contribution < -0.4 is 4.90 Å². The molecule has 0 unspecified atom stereocenters. The molecule has 0 aliphatic rings. The van der Waals surface area contributed by atoms with Crippen molar-refractivity contribution in [3.05, 3.63) is 66.7 Å². The molecule has 0 spiro atoms. The van der Waals surface area contributed by atoms with Gasteiger partial charge in [0, 0.05) is 19.8 Å². The van der Waals surface area contributed by atoms with Gasteiger partial charge < -0.3 is 4.90 Å². The number of hydrogen-bond donors (Lipinski definition) is 0. The number of benzene rings is 2. The molecular formula is C14H17N. The summed E-state index contributed by atoms with van der Waals surface area (Å²) < 4.78 is 0. The second kappa shape index (κ2) is 6.66. The van der Waals surface area contributed by atoms with Crippen LogP contribution in [0.3, 0.4) is 0 Å². The van der Waals surface area contributed by atoms with Gasteiger partial charge in [0.2, 0.25) is 0 Å². The molecule has 2 aromatic rings. The summed E-state index contributed by atoms with van der Waals surface area (Å²) >= 11 is 0. The number of anilines is 1. The Morgan fingerprint density at radius 3 is 1.20 bits per heavy atom. The molecule has 0 fully saturated rings. The van der Waals surface area contributed by atoms with Crippen LogP contribution in [0.25, 0.3) is 0 Å². The molecule has 0 aliphatic carbocycles. The normalized spacial score (nSPS) is 8.67. The smallest absolute Gasteiger partial charge is 0.0360 e. The maximum Gasteiger partial charge on any atom is 0.0360 e. The lowest BCUT2D eigenvalue weighted by atomic mass is 10.3. The summed E-state index contributed by atoms with van der Waals surface area (Å²) in [6, 6.07) is 22.3. The van der Waals surface area contributed by atoms with Crippen LogP contribution in [0.4, 0.5) is 5.69 Å². The highest BCUT2D eigenvalue weighted by molar-refractivity contribution is 5.43. The molecule has 0 saturated carbocycles. The van der Waals surface area contributed by atoms with E-state index in [2.05, 4.69) is 17.0 Å². The molecule has 1 nitrogen and oxygen atoms in total. The molecule has 0 N–H and O–H groups in total.